The summed E-state index contributed by atoms with van der Waals surface area (Å²) in [6.07, 6.45) is 3.99. The molecule has 0 radical (unpaired) electrons. The molecule has 3 nitrogen and oxygen atoms in total. The first-order valence-electron chi connectivity index (χ1n) is 7.58. The number of benzene rings is 2. The van der Waals surface area contributed by atoms with Crippen molar-refractivity contribution in [3.63, 3.8) is 0 Å². The van der Waals surface area contributed by atoms with Gasteiger partial charge in [-0.2, -0.15) is 0 Å². The summed E-state index contributed by atoms with van der Waals surface area (Å²) in [4.78, 5) is 0. The second-order valence-corrected chi connectivity index (χ2v) is 5.15. The molecular formula is C20H22O3. The van der Waals surface area contributed by atoms with Crippen molar-refractivity contribution in [1.82, 2.24) is 0 Å². The average molecular weight is 310 g/mol. The third-order valence-corrected chi connectivity index (χ3v) is 3.40. The highest BCUT2D eigenvalue weighted by Gasteiger charge is 2.12. The molecule has 0 spiro atoms. The first-order valence-corrected chi connectivity index (χ1v) is 7.58. The zero-order valence-electron chi connectivity index (χ0n) is 13.3. The summed E-state index contributed by atoms with van der Waals surface area (Å²) >= 11 is 0. The lowest BCUT2D eigenvalue weighted by Gasteiger charge is -2.18. The molecule has 0 saturated heterocycles. The molecule has 2 aromatic carbocycles. The number of ether oxygens (including phenoxy) is 2. The van der Waals surface area contributed by atoms with Crippen molar-refractivity contribution >= 4 is 12.2 Å². The molecule has 0 fully saturated rings. The predicted molar refractivity (Wildman–Crippen MR) is 93.5 cm³/mol. The molecule has 0 amide bonds. The SMILES string of the molecule is C=Cc1ccc(C(C)OC(O)COC=Cc2ccccc2)cc1. The molecule has 0 aliphatic carbocycles. The van der Waals surface area contributed by atoms with Gasteiger partial charge in [0.2, 0.25) is 0 Å². The van der Waals surface area contributed by atoms with Gasteiger partial charge in [0.15, 0.2) is 6.29 Å². The van der Waals surface area contributed by atoms with Crippen LogP contribution >= 0.6 is 0 Å². The molecule has 2 aromatic rings. The van der Waals surface area contributed by atoms with Crippen molar-refractivity contribution in [2.24, 2.45) is 0 Å². The Morgan fingerprint density at radius 2 is 1.74 bits per heavy atom. The van der Waals surface area contributed by atoms with Crippen molar-refractivity contribution in [2.45, 2.75) is 19.3 Å². The van der Waals surface area contributed by atoms with Crippen molar-refractivity contribution in [3.8, 4) is 0 Å². The summed E-state index contributed by atoms with van der Waals surface area (Å²) in [5.41, 5.74) is 3.09. The maximum absolute atomic E-state index is 9.88. The van der Waals surface area contributed by atoms with Crippen LogP contribution in [-0.2, 0) is 9.47 Å². The third kappa shape index (κ3) is 5.74. The van der Waals surface area contributed by atoms with Gasteiger partial charge in [0, 0.05) is 0 Å². The molecule has 0 saturated carbocycles. The van der Waals surface area contributed by atoms with Crippen LogP contribution in [0.4, 0.5) is 0 Å². The highest BCUT2D eigenvalue weighted by atomic mass is 16.6. The van der Waals surface area contributed by atoms with E-state index in [0.29, 0.717) is 0 Å². The lowest BCUT2D eigenvalue weighted by atomic mass is 10.1. The summed E-state index contributed by atoms with van der Waals surface area (Å²) in [7, 11) is 0. The van der Waals surface area contributed by atoms with E-state index in [1.165, 1.54) is 0 Å². The van der Waals surface area contributed by atoms with Crippen molar-refractivity contribution in [1.29, 1.82) is 0 Å². The van der Waals surface area contributed by atoms with E-state index < -0.39 is 6.29 Å². The van der Waals surface area contributed by atoms with E-state index in [9.17, 15) is 5.11 Å². The average Bonchev–Trinajstić information content (AvgIpc) is 2.59. The molecule has 1 N–H and O–H groups in total. The van der Waals surface area contributed by atoms with Gasteiger partial charge >= 0.3 is 0 Å². The number of aliphatic hydroxyl groups is 1. The number of hydrogen-bond acceptors (Lipinski definition) is 3. The Balaban J connectivity index is 1.76. The monoisotopic (exact) mass is 310 g/mol. The van der Waals surface area contributed by atoms with Crippen LogP contribution < -0.4 is 0 Å². The molecule has 0 aromatic heterocycles. The van der Waals surface area contributed by atoms with Crippen LogP contribution in [0.25, 0.3) is 12.2 Å². The van der Waals surface area contributed by atoms with Crippen molar-refractivity contribution in [3.05, 3.63) is 84.1 Å². The smallest absolute Gasteiger partial charge is 0.189 e. The standard InChI is InChI=1S/C20H22O3/c1-3-17-9-11-19(12-10-17)16(2)23-20(21)15-22-14-13-18-7-5-4-6-8-18/h3-14,16,20-21H,1,15H2,2H3. The van der Waals surface area contributed by atoms with Crippen molar-refractivity contribution < 1.29 is 14.6 Å². The molecule has 0 bridgehead atoms. The van der Waals surface area contributed by atoms with Gasteiger partial charge in [-0.1, -0.05) is 67.3 Å². The Morgan fingerprint density at radius 1 is 1.04 bits per heavy atom. The van der Waals surface area contributed by atoms with Gasteiger partial charge in [-0.25, -0.2) is 0 Å². The van der Waals surface area contributed by atoms with E-state index in [4.69, 9.17) is 9.47 Å². The number of hydrogen-bond donors (Lipinski definition) is 1. The molecule has 2 atom stereocenters. The summed E-state index contributed by atoms with van der Waals surface area (Å²) in [6.45, 7) is 5.70. The van der Waals surface area contributed by atoms with Gasteiger partial charge in [0.1, 0.15) is 6.61 Å². The van der Waals surface area contributed by atoms with Crippen LogP contribution in [0.5, 0.6) is 0 Å². The number of rotatable bonds is 8. The van der Waals surface area contributed by atoms with E-state index in [1.54, 1.807) is 12.3 Å². The zero-order valence-corrected chi connectivity index (χ0v) is 13.3. The zero-order chi connectivity index (χ0) is 16.5. The lowest BCUT2D eigenvalue weighted by Crippen LogP contribution is -2.19. The molecule has 2 unspecified atom stereocenters. The fraction of sp³-hybridized carbons (Fsp3) is 0.200. The molecule has 0 heterocycles. The fourth-order valence-corrected chi connectivity index (χ4v) is 2.09. The minimum atomic E-state index is -0.982. The topological polar surface area (TPSA) is 38.7 Å². The summed E-state index contributed by atoms with van der Waals surface area (Å²) in [6, 6.07) is 17.7. The van der Waals surface area contributed by atoms with Crippen molar-refractivity contribution in [2.75, 3.05) is 6.61 Å². The Labute approximate surface area is 137 Å². The van der Waals surface area contributed by atoms with E-state index >= 15 is 0 Å². The predicted octanol–water partition coefficient (Wildman–Crippen LogP) is 4.41. The molecule has 3 heteroatoms. The maximum atomic E-state index is 9.88. The van der Waals surface area contributed by atoms with Crippen LogP contribution in [0, 0.1) is 0 Å². The van der Waals surface area contributed by atoms with E-state index in [0.717, 1.165) is 16.7 Å². The first-order chi connectivity index (χ1) is 11.2. The quantitative estimate of drug-likeness (QED) is 0.579. The molecule has 2 rings (SSSR count). The van der Waals surface area contributed by atoms with Gasteiger partial charge in [0.05, 0.1) is 12.4 Å². The van der Waals surface area contributed by atoms with Crippen LogP contribution in [0.3, 0.4) is 0 Å². The maximum Gasteiger partial charge on any atom is 0.189 e. The largest absolute Gasteiger partial charge is 0.496 e. The molecule has 120 valence electrons. The van der Waals surface area contributed by atoms with Gasteiger partial charge in [-0.15, -0.1) is 0 Å². The van der Waals surface area contributed by atoms with Gasteiger partial charge in [-0.05, 0) is 29.7 Å². The first kappa shape index (κ1) is 17.0. The summed E-state index contributed by atoms with van der Waals surface area (Å²) < 4.78 is 10.8. The Kier molecular flexibility index (Phi) is 6.60. The second-order valence-electron chi connectivity index (χ2n) is 5.15. The van der Waals surface area contributed by atoms with Gasteiger partial charge in [-0.3, -0.25) is 0 Å². The number of aliphatic hydroxyl groups excluding tert-OH is 1. The highest BCUT2D eigenvalue weighted by Crippen LogP contribution is 2.19. The normalized spacial score (nSPS) is 13.7. The Hall–Kier alpha value is -2.36. The van der Waals surface area contributed by atoms with Crippen LogP contribution in [0.2, 0.25) is 0 Å². The third-order valence-electron chi connectivity index (χ3n) is 3.40. The van der Waals surface area contributed by atoms with Gasteiger partial charge < -0.3 is 14.6 Å². The molecule has 0 aliphatic heterocycles. The van der Waals surface area contributed by atoms with Crippen LogP contribution in [0.15, 0.2) is 67.4 Å². The second kappa shape index (κ2) is 8.93. The molecule has 23 heavy (non-hydrogen) atoms. The summed E-state index contributed by atoms with van der Waals surface area (Å²) in [5, 5.41) is 9.88. The highest BCUT2D eigenvalue weighted by molar-refractivity contribution is 5.48. The molecular weight excluding hydrogens is 288 g/mol. The van der Waals surface area contributed by atoms with E-state index in [-0.39, 0.29) is 12.7 Å². The summed E-state index contributed by atoms with van der Waals surface area (Å²) in [5.74, 6) is 0. The van der Waals surface area contributed by atoms with Crippen LogP contribution in [-0.4, -0.2) is 18.0 Å². The van der Waals surface area contributed by atoms with Gasteiger partial charge in [0.25, 0.3) is 0 Å². The lowest BCUT2D eigenvalue weighted by molar-refractivity contribution is -0.154. The van der Waals surface area contributed by atoms with Crippen LogP contribution in [0.1, 0.15) is 29.7 Å². The molecule has 0 aliphatic rings. The Bertz CT molecular complexity index is 617. The van der Waals surface area contributed by atoms with E-state index in [1.807, 2.05) is 67.6 Å². The Morgan fingerprint density at radius 3 is 2.39 bits per heavy atom. The minimum absolute atomic E-state index is 0.0818. The fourth-order valence-electron chi connectivity index (χ4n) is 2.09. The minimum Gasteiger partial charge on any atom is -0.496 e. The van der Waals surface area contributed by atoms with E-state index in [2.05, 4.69) is 6.58 Å².